The van der Waals surface area contributed by atoms with Crippen molar-refractivity contribution in [2.45, 2.75) is 19.1 Å². The van der Waals surface area contributed by atoms with Gasteiger partial charge in [0.1, 0.15) is 11.9 Å². The predicted molar refractivity (Wildman–Crippen MR) is 93.1 cm³/mol. The van der Waals surface area contributed by atoms with E-state index in [9.17, 15) is 22.4 Å². The Morgan fingerprint density at radius 2 is 2.04 bits per heavy atom. The van der Waals surface area contributed by atoms with E-state index >= 15 is 0 Å². The van der Waals surface area contributed by atoms with Crippen LogP contribution in [0.25, 0.3) is 10.1 Å². The average Bonchev–Trinajstić information content (AvgIpc) is 2.91. The van der Waals surface area contributed by atoms with E-state index in [0.29, 0.717) is 28.9 Å². The summed E-state index contributed by atoms with van der Waals surface area (Å²) >= 11 is 1.15. The molecule has 1 unspecified atom stereocenters. The van der Waals surface area contributed by atoms with E-state index in [-0.39, 0.29) is 13.1 Å². The van der Waals surface area contributed by atoms with Crippen molar-refractivity contribution in [3.8, 4) is 0 Å². The molecule has 1 aliphatic heterocycles. The van der Waals surface area contributed by atoms with Gasteiger partial charge in [-0.3, -0.25) is 9.69 Å². The molecule has 1 saturated heterocycles. The van der Waals surface area contributed by atoms with Gasteiger partial charge in [0.25, 0.3) is 5.91 Å². The second kappa shape index (κ2) is 7.50. The van der Waals surface area contributed by atoms with Crippen molar-refractivity contribution < 1.29 is 22.4 Å². The molecule has 1 aromatic heterocycles. The Hall–Kier alpha value is -1.71. The molecule has 0 saturated carbocycles. The number of carbonyl (C=O) groups excluding carboxylic acids is 1. The van der Waals surface area contributed by atoms with Crippen molar-refractivity contribution in [2.24, 2.45) is 0 Å². The van der Waals surface area contributed by atoms with E-state index in [1.54, 1.807) is 13.0 Å². The number of nitrogens with zero attached hydrogens (tertiary/aromatic N) is 1. The summed E-state index contributed by atoms with van der Waals surface area (Å²) in [5.41, 5.74) is 0.577. The molecule has 0 aliphatic carbocycles. The Morgan fingerprint density at radius 1 is 1.35 bits per heavy atom. The van der Waals surface area contributed by atoms with Crippen molar-refractivity contribution in [1.29, 1.82) is 0 Å². The summed E-state index contributed by atoms with van der Waals surface area (Å²) in [6.45, 7) is 2.70. The van der Waals surface area contributed by atoms with E-state index in [2.05, 4.69) is 10.6 Å². The lowest BCUT2D eigenvalue weighted by atomic mass is 10.1. The lowest BCUT2D eigenvalue weighted by Crippen LogP contribution is -2.57. The van der Waals surface area contributed by atoms with Crippen LogP contribution in [0.1, 0.15) is 15.2 Å². The molecule has 3 rings (SSSR count). The maximum absolute atomic E-state index is 13.4. The summed E-state index contributed by atoms with van der Waals surface area (Å²) in [6.07, 6.45) is -4.43. The predicted octanol–water partition coefficient (Wildman–Crippen LogP) is 2.91. The van der Waals surface area contributed by atoms with Gasteiger partial charge in [0, 0.05) is 37.4 Å². The summed E-state index contributed by atoms with van der Waals surface area (Å²) in [4.78, 5) is 14.1. The minimum Gasteiger partial charge on any atom is -0.349 e. The van der Waals surface area contributed by atoms with Crippen LogP contribution in [0.3, 0.4) is 0 Å². The number of benzene rings is 1. The van der Waals surface area contributed by atoms with E-state index in [1.807, 2.05) is 0 Å². The Balaban J connectivity index is 1.75. The third kappa shape index (κ3) is 3.99. The van der Waals surface area contributed by atoms with E-state index in [1.165, 1.54) is 17.0 Å². The monoisotopic (exact) mass is 389 g/mol. The van der Waals surface area contributed by atoms with E-state index < -0.39 is 30.5 Å². The molecule has 0 spiro atoms. The van der Waals surface area contributed by atoms with Crippen LogP contribution in [-0.2, 0) is 0 Å². The molecule has 4 nitrogen and oxygen atoms in total. The number of amides is 1. The standard InChI is InChI=1S/C17H19F4N3OS/c1-10-12-8-11(18)2-3-13(12)26-15(10)16(25)23-9-14(17(19,20)21)24-6-4-22-5-7-24/h2-3,8,14,22H,4-7,9H2,1H3,(H,23,25). The Bertz CT molecular complexity index is 799. The Morgan fingerprint density at radius 3 is 2.69 bits per heavy atom. The quantitative estimate of drug-likeness (QED) is 0.791. The number of nitrogens with one attached hydrogen (secondary N) is 2. The summed E-state index contributed by atoms with van der Waals surface area (Å²) in [5.74, 6) is -0.977. The third-order valence-electron chi connectivity index (χ3n) is 4.53. The largest absolute Gasteiger partial charge is 0.405 e. The molecule has 1 fully saturated rings. The highest BCUT2D eigenvalue weighted by atomic mass is 32.1. The molecule has 142 valence electrons. The number of thiophene rings is 1. The van der Waals surface area contributed by atoms with Gasteiger partial charge in [-0.25, -0.2) is 4.39 Å². The Kier molecular flexibility index (Phi) is 5.50. The van der Waals surface area contributed by atoms with Gasteiger partial charge in [0.15, 0.2) is 0 Å². The van der Waals surface area contributed by atoms with Gasteiger partial charge in [0.2, 0.25) is 0 Å². The minimum absolute atomic E-state index is 0.279. The van der Waals surface area contributed by atoms with Crippen molar-refractivity contribution in [2.75, 3.05) is 32.7 Å². The van der Waals surface area contributed by atoms with Crippen molar-refractivity contribution >= 4 is 27.3 Å². The number of aryl methyl sites for hydroxylation is 1. The normalized spacial score (nSPS) is 17.4. The maximum Gasteiger partial charge on any atom is 0.405 e. The van der Waals surface area contributed by atoms with Gasteiger partial charge in [0.05, 0.1) is 4.88 Å². The number of rotatable bonds is 4. The molecule has 1 atom stereocenters. The van der Waals surface area contributed by atoms with Crippen molar-refractivity contribution in [3.05, 3.63) is 34.5 Å². The van der Waals surface area contributed by atoms with Gasteiger partial charge in [-0.1, -0.05) is 0 Å². The van der Waals surface area contributed by atoms with Gasteiger partial charge in [-0.05, 0) is 36.1 Å². The van der Waals surface area contributed by atoms with Crippen molar-refractivity contribution in [3.63, 3.8) is 0 Å². The first kappa shape index (κ1) is 19.1. The SMILES string of the molecule is Cc1c(C(=O)NCC(N2CCNCC2)C(F)(F)F)sc2ccc(F)cc12. The summed E-state index contributed by atoms with van der Waals surface area (Å²) < 4.78 is 54.3. The lowest BCUT2D eigenvalue weighted by Gasteiger charge is -2.35. The summed E-state index contributed by atoms with van der Waals surface area (Å²) in [6, 6.07) is 2.47. The molecule has 9 heteroatoms. The fourth-order valence-electron chi connectivity index (χ4n) is 3.13. The highest BCUT2D eigenvalue weighted by molar-refractivity contribution is 7.21. The average molecular weight is 389 g/mol. The first-order chi connectivity index (χ1) is 12.3. The van der Waals surface area contributed by atoms with Gasteiger partial charge >= 0.3 is 6.18 Å². The molecule has 2 heterocycles. The number of hydrogen-bond donors (Lipinski definition) is 2. The highest BCUT2D eigenvalue weighted by Gasteiger charge is 2.43. The molecule has 1 aromatic carbocycles. The zero-order chi connectivity index (χ0) is 18.9. The summed E-state index contributed by atoms with van der Waals surface area (Å²) in [5, 5.41) is 6.03. The van der Waals surface area contributed by atoms with Crippen LogP contribution in [0.2, 0.25) is 0 Å². The number of hydrogen-bond acceptors (Lipinski definition) is 4. The number of halogens is 4. The lowest BCUT2D eigenvalue weighted by molar-refractivity contribution is -0.183. The number of fused-ring (bicyclic) bond motifs is 1. The first-order valence-corrected chi connectivity index (χ1v) is 9.07. The van der Waals surface area contributed by atoms with Crippen LogP contribution in [-0.4, -0.2) is 55.7 Å². The van der Waals surface area contributed by atoms with Crippen LogP contribution in [0.15, 0.2) is 18.2 Å². The van der Waals surface area contributed by atoms with Gasteiger partial charge in [-0.2, -0.15) is 13.2 Å². The molecular formula is C17H19F4N3OS. The topological polar surface area (TPSA) is 44.4 Å². The molecule has 0 bridgehead atoms. The number of piperazine rings is 1. The zero-order valence-corrected chi connectivity index (χ0v) is 14.9. The first-order valence-electron chi connectivity index (χ1n) is 8.25. The second-order valence-electron chi connectivity index (χ2n) is 6.25. The highest BCUT2D eigenvalue weighted by Crippen LogP contribution is 2.31. The molecule has 1 aliphatic rings. The zero-order valence-electron chi connectivity index (χ0n) is 14.1. The second-order valence-corrected chi connectivity index (χ2v) is 7.30. The number of alkyl halides is 3. The van der Waals surface area contributed by atoms with Crippen LogP contribution in [0.4, 0.5) is 17.6 Å². The number of carbonyl (C=O) groups is 1. The molecule has 1 amide bonds. The van der Waals surface area contributed by atoms with Crippen LogP contribution >= 0.6 is 11.3 Å². The Labute approximate surface area is 152 Å². The maximum atomic E-state index is 13.4. The van der Waals surface area contributed by atoms with Gasteiger partial charge in [-0.15, -0.1) is 11.3 Å². The fourth-order valence-corrected chi connectivity index (χ4v) is 4.23. The molecule has 2 N–H and O–H groups in total. The van der Waals surface area contributed by atoms with Crippen molar-refractivity contribution in [1.82, 2.24) is 15.5 Å². The molecule has 0 radical (unpaired) electrons. The van der Waals surface area contributed by atoms with E-state index in [0.717, 1.165) is 16.0 Å². The third-order valence-corrected chi connectivity index (χ3v) is 5.80. The smallest absolute Gasteiger partial charge is 0.349 e. The van der Waals surface area contributed by atoms with Gasteiger partial charge < -0.3 is 10.6 Å². The molecular weight excluding hydrogens is 370 g/mol. The summed E-state index contributed by atoms with van der Waals surface area (Å²) in [7, 11) is 0. The minimum atomic E-state index is -4.43. The molecule has 26 heavy (non-hydrogen) atoms. The van der Waals surface area contributed by atoms with E-state index in [4.69, 9.17) is 0 Å². The molecule has 2 aromatic rings. The fraction of sp³-hybridized carbons (Fsp3) is 0.471. The van der Waals surface area contributed by atoms with Crippen LogP contribution < -0.4 is 10.6 Å². The van der Waals surface area contributed by atoms with Crippen LogP contribution in [0, 0.1) is 12.7 Å². The van der Waals surface area contributed by atoms with Crippen LogP contribution in [0.5, 0.6) is 0 Å².